The second-order valence-corrected chi connectivity index (χ2v) is 6.93. The van der Waals surface area contributed by atoms with Crippen LogP contribution in [0.25, 0.3) is 11.5 Å². The minimum Gasteiger partial charge on any atom is -0.494 e. The summed E-state index contributed by atoms with van der Waals surface area (Å²) >= 11 is 0. The van der Waals surface area contributed by atoms with Gasteiger partial charge in [-0.15, -0.1) is 10.2 Å². The standard InChI is InChI=1S/C23H27N3O3/c1-3-14-28-20-13-12-19(17(2)15-20)16-24-21(27)10-7-11-22-25-26-23(29-22)18-8-5-4-6-9-18/h4-6,8-9,12-13,15H,3,7,10-11,14,16H2,1-2H3,(H,24,27). The SMILES string of the molecule is CCCOc1ccc(CNC(=O)CCCc2nnc(-c3ccccc3)o2)c(C)c1. The van der Waals surface area contributed by atoms with E-state index >= 15 is 0 Å². The first-order valence-corrected chi connectivity index (χ1v) is 10.0. The maximum atomic E-state index is 12.2. The molecule has 0 fully saturated rings. The fourth-order valence-corrected chi connectivity index (χ4v) is 2.91. The molecule has 0 radical (unpaired) electrons. The van der Waals surface area contributed by atoms with Gasteiger partial charge in [-0.3, -0.25) is 4.79 Å². The van der Waals surface area contributed by atoms with E-state index in [1.807, 2.05) is 55.5 Å². The van der Waals surface area contributed by atoms with Crippen molar-refractivity contribution in [1.82, 2.24) is 15.5 Å². The highest BCUT2D eigenvalue weighted by molar-refractivity contribution is 5.75. The van der Waals surface area contributed by atoms with Gasteiger partial charge in [0.15, 0.2) is 0 Å². The van der Waals surface area contributed by atoms with Crippen LogP contribution in [0.15, 0.2) is 52.9 Å². The van der Waals surface area contributed by atoms with Crippen LogP contribution in [0.2, 0.25) is 0 Å². The van der Waals surface area contributed by atoms with Crippen molar-refractivity contribution in [3.63, 3.8) is 0 Å². The third kappa shape index (κ3) is 6.17. The van der Waals surface area contributed by atoms with Crippen LogP contribution in [0.4, 0.5) is 0 Å². The van der Waals surface area contributed by atoms with Crippen LogP contribution in [-0.2, 0) is 17.8 Å². The number of ether oxygens (including phenoxy) is 1. The number of carbonyl (C=O) groups excluding carboxylic acids is 1. The Hall–Kier alpha value is -3.15. The first-order chi connectivity index (χ1) is 14.2. The first kappa shape index (κ1) is 20.6. The van der Waals surface area contributed by atoms with Crippen LogP contribution in [0, 0.1) is 6.92 Å². The highest BCUT2D eigenvalue weighted by atomic mass is 16.5. The van der Waals surface area contributed by atoms with E-state index in [0.29, 0.717) is 44.2 Å². The summed E-state index contributed by atoms with van der Waals surface area (Å²) in [5.41, 5.74) is 3.09. The summed E-state index contributed by atoms with van der Waals surface area (Å²) < 4.78 is 11.3. The van der Waals surface area contributed by atoms with Gasteiger partial charge in [0.2, 0.25) is 17.7 Å². The normalized spacial score (nSPS) is 10.7. The number of carbonyl (C=O) groups is 1. The molecule has 29 heavy (non-hydrogen) atoms. The highest BCUT2D eigenvalue weighted by Crippen LogP contribution is 2.19. The Morgan fingerprint density at radius 3 is 2.72 bits per heavy atom. The number of nitrogens with one attached hydrogen (secondary N) is 1. The van der Waals surface area contributed by atoms with Crippen LogP contribution < -0.4 is 10.1 Å². The molecule has 0 unspecified atom stereocenters. The molecule has 0 bridgehead atoms. The average molecular weight is 393 g/mol. The molecule has 1 amide bonds. The smallest absolute Gasteiger partial charge is 0.247 e. The van der Waals surface area contributed by atoms with Gasteiger partial charge in [-0.25, -0.2) is 0 Å². The summed E-state index contributed by atoms with van der Waals surface area (Å²) in [4.78, 5) is 12.2. The Balaban J connectivity index is 1.41. The Bertz CT molecular complexity index is 922. The van der Waals surface area contributed by atoms with Crippen LogP contribution >= 0.6 is 0 Å². The van der Waals surface area contributed by atoms with E-state index in [-0.39, 0.29) is 5.91 Å². The molecule has 0 aliphatic carbocycles. The molecule has 2 aromatic carbocycles. The third-order valence-electron chi connectivity index (χ3n) is 4.54. The molecular weight excluding hydrogens is 366 g/mol. The highest BCUT2D eigenvalue weighted by Gasteiger charge is 2.09. The van der Waals surface area contributed by atoms with Gasteiger partial charge < -0.3 is 14.5 Å². The maximum Gasteiger partial charge on any atom is 0.247 e. The molecular formula is C23H27N3O3. The van der Waals surface area contributed by atoms with Gasteiger partial charge in [0.1, 0.15) is 5.75 Å². The van der Waals surface area contributed by atoms with Gasteiger partial charge in [0.25, 0.3) is 0 Å². The minimum absolute atomic E-state index is 0.0125. The summed E-state index contributed by atoms with van der Waals surface area (Å²) in [5, 5.41) is 11.1. The van der Waals surface area contributed by atoms with Crippen LogP contribution in [0.5, 0.6) is 5.75 Å². The lowest BCUT2D eigenvalue weighted by Crippen LogP contribution is -2.23. The summed E-state index contributed by atoms with van der Waals surface area (Å²) in [6, 6.07) is 15.6. The van der Waals surface area contributed by atoms with Gasteiger partial charge >= 0.3 is 0 Å². The molecule has 3 aromatic rings. The lowest BCUT2D eigenvalue weighted by atomic mass is 10.1. The Morgan fingerprint density at radius 2 is 1.97 bits per heavy atom. The van der Waals surface area contributed by atoms with Gasteiger partial charge in [-0.2, -0.15) is 0 Å². The quantitative estimate of drug-likeness (QED) is 0.550. The van der Waals surface area contributed by atoms with Crippen LogP contribution in [0.1, 0.15) is 43.2 Å². The second-order valence-electron chi connectivity index (χ2n) is 6.93. The van der Waals surface area contributed by atoms with Crippen molar-refractivity contribution >= 4 is 5.91 Å². The lowest BCUT2D eigenvalue weighted by Gasteiger charge is -2.10. The number of nitrogens with zero attached hydrogens (tertiary/aromatic N) is 2. The molecule has 1 aromatic heterocycles. The second kappa shape index (κ2) is 10.4. The van der Waals surface area contributed by atoms with Crippen LogP contribution in [-0.4, -0.2) is 22.7 Å². The Morgan fingerprint density at radius 1 is 1.14 bits per heavy atom. The van der Waals surface area contributed by atoms with E-state index in [1.165, 1.54) is 0 Å². The zero-order chi connectivity index (χ0) is 20.5. The zero-order valence-corrected chi connectivity index (χ0v) is 17.0. The molecule has 0 aliphatic rings. The van der Waals surface area contributed by atoms with Gasteiger partial charge in [-0.1, -0.05) is 31.2 Å². The monoisotopic (exact) mass is 393 g/mol. The molecule has 3 rings (SSSR count). The van der Waals surface area contributed by atoms with Gasteiger partial charge in [0.05, 0.1) is 6.61 Å². The molecule has 0 atom stereocenters. The zero-order valence-electron chi connectivity index (χ0n) is 17.0. The maximum absolute atomic E-state index is 12.2. The number of aromatic nitrogens is 2. The van der Waals surface area contributed by atoms with Crippen molar-refractivity contribution in [2.45, 2.75) is 46.1 Å². The van der Waals surface area contributed by atoms with E-state index in [9.17, 15) is 4.79 Å². The van der Waals surface area contributed by atoms with Crippen molar-refractivity contribution in [3.05, 3.63) is 65.5 Å². The van der Waals surface area contributed by atoms with Gasteiger partial charge in [-0.05, 0) is 55.2 Å². The Kier molecular flexibility index (Phi) is 7.39. The number of aryl methyl sites for hydroxylation is 2. The molecule has 152 valence electrons. The number of amides is 1. The van der Waals surface area contributed by atoms with Crippen LogP contribution in [0.3, 0.4) is 0 Å². The number of benzene rings is 2. The van der Waals surface area contributed by atoms with Crippen molar-refractivity contribution in [1.29, 1.82) is 0 Å². The molecule has 0 spiro atoms. The summed E-state index contributed by atoms with van der Waals surface area (Å²) in [6.45, 7) is 5.33. The fraction of sp³-hybridized carbons (Fsp3) is 0.348. The average Bonchev–Trinajstić information content (AvgIpc) is 3.21. The summed E-state index contributed by atoms with van der Waals surface area (Å²) in [7, 11) is 0. The first-order valence-electron chi connectivity index (χ1n) is 10.0. The summed E-state index contributed by atoms with van der Waals surface area (Å²) in [5.74, 6) is 1.94. The van der Waals surface area contributed by atoms with E-state index in [0.717, 1.165) is 28.9 Å². The summed E-state index contributed by atoms with van der Waals surface area (Å²) in [6.07, 6.45) is 2.63. The molecule has 6 heteroatoms. The van der Waals surface area contributed by atoms with E-state index < -0.39 is 0 Å². The predicted molar refractivity (Wildman–Crippen MR) is 111 cm³/mol. The van der Waals surface area contributed by atoms with Gasteiger partial charge in [0, 0.05) is 24.9 Å². The topological polar surface area (TPSA) is 77.2 Å². The largest absolute Gasteiger partial charge is 0.494 e. The fourth-order valence-electron chi connectivity index (χ4n) is 2.91. The molecule has 0 saturated carbocycles. The van der Waals surface area contributed by atoms with Crippen molar-refractivity contribution in [2.24, 2.45) is 0 Å². The minimum atomic E-state index is 0.0125. The number of hydrogen-bond donors (Lipinski definition) is 1. The molecule has 1 N–H and O–H groups in total. The van der Waals surface area contributed by atoms with E-state index in [1.54, 1.807) is 0 Å². The van der Waals surface area contributed by atoms with E-state index in [2.05, 4.69) is 22.4 Å². The third-order valence-corrected chi connectivity index (χ3v) is 4.54. The molecule has 0 aliphatic heterocycles. The van der Waals surface area contributed by atoms with Crippen molar-refractivity contribution < 1.29 is 13.9 Å². The van der Waals surface area contributed by atoms with E-state index in [4.69, 9.17) is 9.15 Å². The molecule has 6 nitrogen and oxygen atoms in total. The van der Waals surface area contributed by atoms with Crippen molar-refractivity contribution in [3.8, 4) is 17.2 Å². The Labute approximate surface area is 171 Å². The molecule has 0 saturated heterocycles. The van der Waals surface area contributed by atoms with Crippen molar-refractivity contribution in [2.75, 3.05) is 6.61 Å². The number of hydrogen-bond acceptors (Lipinski definition) is 5. The lowest BCUT2D eigenvalue weighted by molar-refractivity contribution is -0.121. The number of rotatable bonds is 10. The molecule has 1 heterocycles. The predicted octanol–water partition coefficient (Wildman–Crippen LogP) is 4.47.